The molecule has 1 aromatic carbocycles. The van der Waals surface area contributed by atoms with E-state index >= 15 is 0 Å². The quantitative estimate of drug-likeness (QED) is 0.594. The van der Waals surface area contributed by atoms with Gasteiger partial charge in [0.05, 0.1) is 6.54 Å². The van der Waals surface area contributed by atoms with E-state index in [0.29, 0.717) is 5.56 Å². The highest BCUT2D eigenvalue weighted by molar-refractivity contribution is 5.95. The first-order valence-corrected chi connectivity index (χ1v) is 5.64. The number of hydrogen-bond acceptors (Lipinski definition) is 4. The number of carboxylic acid groups (broad SMARTS) is 1. The van der Waals surface area contributed by atoms with Gasteiger partial charge in [-0.15, -0.1) is 0 Å². The number of carbonyl (C=O) groups excluding carboxylic acids is 1. The average molecular weight is 250 g/mol. The Labute approximate surface area is 104 Å². The second-order valence-corrected chi connectivity index (χ2v) is 4.11. The molecule has 0 saturated heterocycles. The van der Waals surface area contributed by atoms with Gasteiger partial charge in [0.2, 0.25) is 0 Å². The summed E-state index contributed by atoms with van der Waals surface area (Å²) in [5, 5.41) is 23.1. The average Bonchev–Trinajstić information content (AvgIpc) is 2.82. The molecule has 96 valence electrons. The van der Waals surface area contributed by atoms with Crippen LogP contribution < -0.4 is 10.6 Å². The summed E-state index contributed by atoms with van der Waals surface area (Å²) < 4.78 is 0. The van der Waals surface area contributed by atoms with Crippen LogP contribution in [0.1, 0.15) is 15.9 Å². The molecule has 1 aliphatic heterocycles. The van der Waals surface area contributed by atoms with Gasteiger partial charge in [0.25, 0.3) is 5.91 Å². The predicted octanol–water partition coefficient (Wildman–Crippen LogP) is -0.170. The number of aliphatic carboxylic acids is 1. The van der Waals surface area contributed by atoms with E-state index in [4.69, 9.17) is 10.2 Å². The lowest BCUT2D eigenvalue weighted by Gasteiger charge is -2.09. The van der Waals surface area contributed by atoms with Crippen LogP contribution in [0.2, 0.25) is 0 Å². The summed E-state index contributed by atoms with van der Waals surface area (Å²) in [5.41, 5.74) is 2.54. The number of aliphatic hydroxyl groups excluding tert-OH is 1. The second kappa shape index (κ2) is 5.05. The number of carbonyl (C=O) groups is 2. The SMILES string of the molecule is O=C(NCC(O)C(=O)O)c1ccc2c(c1)NCC2. The zero-order valence-electron chi connectivity index (χ0n) is 9.64. The van der Waals surface area contributed by atoms with E-state index in [1.54, 1.807) is 12.1 Å². The first-order chi connectivity index (χ1) is 8.58. The summed E-state index contributed by atoms with van der Waals surface area (Å²) >= 11 is 0. The number of nitrogens with one attached hydrogen (secondary N) is 2. The summed E-state index contributed by atoms with van der Waals surface area (Å²) in [6.45, 7) is 0.552. The third-order valence-electron chi connectivity index (χ3n) is 2.82. The maximum atomic E-state index is 11.7. The van der Waals surface area contributed by atoms with Crippen molar-refractivity contribution in [2.45, 2.75) is 12.5 Å². The number of anilines is 1. The summed E-state index contributed by atoms with van der Waals surface area (Å²) in [6.07, 6.45) is -0.642. The molecule has 1 aliphatic rings. The van der Waals surface area contributed by atoms with Gasteiger partial charge in [0.1, 0.15) is 0 Å². The van der Waals surface area contributed by atoms with Gasteiger partial charge in [0.15, 0.2) is 6.10 Å². The van der Waals surface area contributed by atoms with Crippen molar-refractivity contribution in [1.29, 1.82) is 0 Å². The molecular formula is C12H14N2O4. The van der Waals surface area contributed by atoms with Gasteiger partial charge in [-0.3, -0.25) is 4.79 Å². The van der Waals surface area contributed by atoms with E-state index in [1.165, 1.54) is 0 Å². The molecule has 0 aromatic heterocycles. The molecular weight excluding hydrogens is 236 g/mol. The monoisotopic (exact) mass is 250 g/mol. The predicted molar refractivity (Wildman–Crippen MR) is 64.6 cm³/mol. The molecule has 1 atom stereocenters. The van der Waals surface area contributed by atoms with Crippen LogP contribution in [-0.2, 0) is 11.2 Å². The largest absolute Gasteiger partial charge is 0.479 e. The Balaban J connectivity index is 1.99. The van der Waals surface area contributed by atoms with Crippen molar-refractivity contribution in [2.75, 3.05) is 18.4 Å². The van der Waals surface area contributed by atoms with E-state index < -0.39 is 18.0 Å². The first kappa shape index (κ1) is 12.4. The van der Waals surface area contributed by atoms with Crippen molar-refractivity contribution < 1.29 is 19.8 Å². The molecule has 0 bridgehead atoms. The van der Waals surface area contributed by atoms with Crippen molar-refractivity contribution in [3.63, 3.8) is 0 Å². The normalized spacial score (nSPS) is 14.5. The number of amides is 1. The third-order valence-corrected chi connectivity index (χ3v) is 2.82. The van der Waals surface area contributed by atoms with E-state index in [1.807, 2.05) is 6.07 Å². The van der Waals surface area contributed by atoms with Gasteiger partial charge < -0.3 is 20.8 Å². The topological polar surface area (TPSA) is 98.7 Å². The molecule has 18 heavy (non-hydrogen) atoms. The molecule has 0 fully saturated rings. The van der Waals surface area contributed by atoms with Crippen LogP contribution in [0.3, 0.4) is 0 Å². The highest BCUT2D eigenvalue weighted by Gasteiger charge is 2.16. The van der Waals surface area contributed by atoms with Crippen LogP contribution in [0.15, 0.2) is 18.2 Å². The molecule has 1 aromatic rings. The Bertz CT molecular complexity index is 487. The lowest BCUT2D eigenvalue weighted by Crippen LogP contribution is -2.36. The standard InChI is InChI=1S/C12H14N2O4/c15-10(12(17)18)6-14-11(16)8-2-1-7-3-4-13-9(7)5-8/h1-2,5,10,13,15H,3-4,6H2,(H,14,16)(H,17,18). The molecule has 0 spiro atoms. The fourth-order valence-electron chi connectivity index (χ4n) is 1.81. The Kier molecular flexibility index (Phi) is 3.47. The van der Waals surface area contributed by atoms with Crippen molar-refractivity contribution in [2.24, 2.45) is 0 Å². The van der Waals surface area contributed by atoms with E-state index in [2.05, 4.69) is 10.6 Å². The van der Waals surface area contributed by atoms with Gasteiger partial charge in [-0.1, -0.05) is 6.07 Å². The molecule has 0 aliphatic carbocycles. The second-order valence-electron chi connectivity index (χ2n) is 4.11. The highest BCUT2D eigenvalue weighted by atomic mass is 16.4. The smallest absolute Gasteiger partial charge is 0.334 e. The molecule has 0 radical (unpaired) electrons. The number of carboxylic acids is 1. The van der Waals surface area contributed by atoms with Crippen molar-refractivity contribution in [3.8, 4) is 0 Å². The van der Waals surface area contributed by atoms with E-state index in [9.17, 15) is 9.59 Å². The van der Waals surface area contributed by atoms with Crippen molar-refractivity contribution in [1.82, 2.24) is 5.32 Å². The minimum absolute atomic E-state index is 0.307. The molecule has 6 heteroatoms. The summed E-state index contributed by atoms with van der Waals surface area (Å²) in [6, 6.07) is 5.29. The Morgan fingerprint density at radius 3 is 2.94 bits per heavy atom. The maximum Gasteiger partial charge on any atom is 0.334 e. The lowest BCUT2D eigenvalue weighted by atomic mass is 10.1. The van der Waals surface area contributed by atoms with Crippen LogP contribution in [0, 0.1) is 0 Å². The Morgan fingerprint density at radius 1 is 1.44 bits per heavy atom. The van der Waals surface area contributed by atoms with Crippen LogP contribution in [0.4, 0.5) is 5.69 Å². The molecule has 4 N–H and O–H groups in total. The van der Waals surface area contributed by atoms with E-state index in [0.717, 1.165) is 24.2 Å². The van der Waals surface area contributed by atoms with Crippen LogP contribution in [-0.4, -0.2) is 41.3 Å². The Hall–Kier alpha value is -2.08. The number of rotatable bonds is 4. The number of benzene rings is 1. The maximum absolute atomic E-state index is 11.7. The lowest BCUT2D eigenvalue weighted by molar-refractivity contribution is -0.146. The number of fused-ring (bicyclic) bond motifs is 1. The van der Waals surface area contributed by atoms with Gasteiger partial charge in [-0.2, -0.15) is 0 Å². The Morgan fingerprint density at radius 2 is 2.22 bits per heavy atom. The van der Waals surface area contributed by atoms with Gasteiger partial charge in [-0.05, 0) is 24.1 Å². The first-order valence-electron chi connectivity index (χ1n) is 5.64. The zero-order chi connectivity index (χ0) is 13.1. The molecule has 1 heterocycles. The van der Waals surface area contributed by atoms with E-state index in [-0.39, 0.29) is 6.54 Å². The summed E-state index contributed by atoms with van der Waals surface area (Å²) in [4.78, 5) is 22.1. The van der Waals surface area contributed by atoms with Crippen molar-refractivity contribution in [3.05, 3.63) is 29.3 Å². The summed E-state index contributed by atoms with van der Waals surface area (Å²) in [5.74, 6) is -1.75. The molecule has 1 unspecified atom stereocenters. The van der Waals surface area contributed by atoms with Crippen LogP contribution >= 0.6 is 0 Å². The van der Waals surface area contributed by atoms with Crippen LogP contribution in [0.25, 0.3) is 0 Å². The highest BCUT2D eigenvalue weighted by Crippen LogP contribution is 2.22. The van der Waals surface area contributed by atoms with Crippen LogP contribution in [0.5, 0.6) is 0 Å². The van der Waals surface area contributed by atoms with Gasteiger partial charge in [0, 0.05) is 17.8 Å². The molecule has 6 nitrogen and oxygen atoms in total. The van der Waals surface area contributed by atoms with Gasteiger partial charge >= 0.3 is 5.97 Å². The molecule has 1 amide bonds. The minimum Gasteiger partial charge on any atom is -0.479 e. The fraction of sp³-hybridized carbons (Fsp3) is 0.333. The number of hydrogen-bond donors (Lipinski definition) is 4. The third kappa shape index (κ3) is 2.60. The fourth-order valence-corrected chi connectivity index (χ4v) is 1.81. The summed E-state index contributed by atoms with van der Waals surface area (Å²) in [7, 11) is 0. The molecule has 2 rings (SSSR count). The number of aliphatic hydroxyl groups is 1. The van der Waals surface area contributed by atoms with Gasteiger partial charge in [-0.25, -0.2) is 4.79 Å². The minimum atomic E-state index is -1.58. The molecule has 0 saturated carbocycles. The van der Waals surface area contributed by atoms with Crippen molar-refractivity contribution >= 4 is 17.6 Å². The zero-order valence-corrected chi connectivity index (χ0v) is 9.64.